The lowest BCUT2D eigenvalue weighted by molar-refractivity contribution is -0.144. The molecule has 2 saturated carbocycles. The number of rotatable bonds is 5. The molecule has 8 heteroatoms. The summed E-state index contributed by atoms with van der Waals surface area (Å²) < 4.78 is 0. The first-order valence-electron chi connectivity index (χ1n) is 6.79. The average Bonchev–Trinajstić information content (AvgIpc) is 2.94. The summed E-state index contributed by atoms with van der Waals surface area (Å²) in [4.78, 5) is 33.5. The molecule has 2 fully saturated rings. The van der Waals surface area contributed by atoms with Crippen LogP contribution < -0.4 is 21.7 Å². The van der Waals surface area contributed by atoms with E-state index >= 15 is 0 Å². The number of urea groups is 2. The maximum Gasteiger partial charge on any atom is 0.315 e. The molecule has 2 bridgehead atoms. The molecule has 20 heavy (non-hydrogen) atoms. The lowest BCUT2D eigenvalue weighted by Crippen LogP contribution is -2.51. The Balaban J connectivity index is 1.78. The van der Waals surface area contributed by atoms with Crippen LogP contribution >= 0.6 is 0 Å². The van der Waals surface area contributed by atoms with Crippen molar-refractivity contribution in [1.82, 2.24) is 16.0 Å². The number of hydrogen-bond donors (Lipinski definition) is 5. The van der Waals surface area contributed by atoms with Gasteiger partial charge in [0.2, 0.25) is 0 Å². The number of nitrogens with one attached hydrogen (secondary N) is 3. The van der Waals surface area contributed by atoms with Gasteiger partial charge >= 0.3 is 18.0 Å². The van der Waals surface area contributed by atoms with E-state index in [-0.39, 0.29) is 31.0 Å². The summed E-state index contributed by atoms with van der Waals surface area (Å²) in [6.07, 6.45) is 2.79. The predicted molar refractivity (Wildman–Crippen MR) is 69.9 cm³/mol. The molecule has 2 aliphatic carbocycles. The molecule has 112 valence electrons. The van der Waals surface area contributed by atoms with Crippen LogP contribution in [0, 0.1) is 17.8 Å². The van der Waals surface area contributed by atoms with Crippen molar-refractivity contribution in [3.8, 4) is 0 Å². The van der Waals surface area contributed by atoms with Gasteiger partial charge in [-0.3, -0.25) is 4.79 Å². The molecule has 0 spiro atoms. The second-order valence-corrected chi connectivity index (χ2v) is 5.41. The highest BCUT2D eigenvalue weighted by Crippen LogP contribution is 2.48. The molecule has 0 aromatic heterocycles. The molecule has 0 saturated heterocycles. The number of hydrogen-bond acceptors (Lipinski definition) is 3. The number of fused-ring (bicyclic) bond motifs is 2. The zero-order valence-electron chi connectivity index (χ0n) is 11.1. The van der Waals surface area contributed by atoms with Crippen molar-refractivity contribution in [2.24, 2.45) is 23.5 Å². The van der Waals surface area contributed by atoms with Crippen molar-refractivity contribution in [3.05, 3.63) is 0 Å². The summed E-state index contributed by atoms with van der Waals surface area (Å²) in [6, 6.07) is -1.35. The van der Waals surface area contributed by atoms with Gasteiger partial charge in [-0.1, -0.05) is 0 Å². The quantitative estimate of drug-likeness (QED) is 0.433. The minimum absolute atomic E-state index is 0.180. The monoisotopic (exact) mass is 284 g/mol. The number of aliphatic carboxylic acids is 1. The molecule has 4 atom stereocenters. The molecule has 8 nitrogen and oxygen atoms in total. The SMILES string of the molecule is NC(=O)NCCNC(=O)NC1C2CCC(C2)C1C(=O)O. The Morgan fingerprint density at radius 2 is 1.75 bits per heavy atom. The second kappa shape index (κ2) is 5.98. The number of nitrogens with two attached hydrogens (primary N) is 1. The van der Waals surface area contributed by atoms with Gasteiger partial charge in [0.05, 0.1) is 5.92 Å². The van der Waals surface area contributed by atoms with E-state index in [9.17, 15) is 19.5 Å². The first kappa shape index (κ1) is 14.4. The van der Waals surface area contributed by atoms with Crippen LogP contribution in [-0.4, -0.2) is 42.3 Å². The molecule has 0 radical (unpaired) electrons. The maximum absolute atomic E-state index is 11.7. The molecule has 2 rings (SSSR count). The Morgan fingerprint density at radius 3 is 2.40 bits per heavy atom. The van der Waals surface area contributed by atoms with Gasteiger partial charge in [0.15, 0.2) is 0 Å². The number of carboxylic acids is 1. The first-order valence-corrected chi connectivity index (χ1v) is 6.79. The maximum atomic E-state index is 11.7. The highest BCUT2D eigenvalue weighted by molar-refractivity contribution is 5.77. The van der Waals surface area contributed by atoms with Gasteiger partial charge in [-0.2, -0.15) is 0 Å². The van der Waals surface area contributed by atoms with Crippen molar-refractivity contribution in [2.75, 3.05) is 13.1 Å². The van der Waals surface area contributed by atoms with Crippen LogP contribution in [0.4, 0.5) is 9.59 Å². The number of carbonyl (C=O) groups is 3. The fraction of sp³-hybridized carbons (Fsp3) is 0.750. The minimum Gasteiger partial charge on any atom is -0.481 e. The molecule has 0 aliphatic heterocycles. The van der Waals surface area contributed by atoms with Gasteiger partial charge in [-0.25, -0.2) is 9.59 Å². The molecule has 4 amide bonds. The second-order valence-electron chi connectivity index (χ2n) is 5.41. The summed E-state index contributed by atoms with van der Waals surface area (Å²) in [7, 11) is 0. The number of carbonyl (C=O) groups excluding carboxylic acids is 2. The molecule has 4 unspecified atom stereocenters. The Morgan fingerprint density at radius 1 is 1.10 bits per heavy atom. The third kappa shape index (κ3) is 3.12. The highest BCUT2D eigenvalue weighted by Gasteiger charge is 2.51. The topological polar surface area (TPSA) is 134 Å². The number of carboxylic acid groups (broad SMARTS) is 1. The van der Waals surface area contributed by atoms with E-state index < -0.39 is 23.9 Å². The van der Waals surface area contributed by atoms with Crippen LogP contribution in [-0.2, 0) is 4.79 Å². The standard InChI is InChI=1S/C12H20N4O4/c13-11(19)14-3-4-15-12(20)16-9-7-2-1-6(5-7)8(9)10(17)18/h6-9H,1-5H2,(H,17,18)(H3,13,14,19)(H2,15,16,20). The minimum atomic E-state index is -0.835. The van der Waals surface area contributed by atoms with Crippen molar-refractivity contribution >= 4 is 18.0 Å². The van der Waals surface area contributed by atoms with Gasteiger partial charge < -0.3 is 26.8 Å². The Hall–Kier alpha value is -1.99. The smallest absolute Gasteiger partial charge is 0.315 e. The average molecular weight is 284 g/mol. The third-order valence-electron chi connectivity index (χ3n) is 4.21. The highest BCUT2D eigenvalue weighted by atomic mass is 16.4. The fourth-order valence-corrected chi connectivity index (χ4v) is 3.42. The van der Waals surface area contributed by atoms with Crippen LogP contribution in [0.1, 0.15) is 19.3 Å². The first-order chi connectivity index (χ1) is 9.49. The summed E-state index contributed by atoms with van der Waals surface area (Å²) in [5.74, 6) is -0.879. The van der Waals surface area contributed by atoms with E-state index in [4.69, 9.17) is 5.73 Å². The molecule has 0 heterocycles. The Bertz CT molecular complexity index is 414. The van der Waals surface area contributed by atoms with Gasteiger partial charge in [-0.05, 0) is 31.1 Å². The van der Waals surface area contributed by atoms with Gasteiger partial charge in [0.1, 0.15) is 0 Å². The largest absolute Gasteiger partial charge is 0.481 e. The summed E-state index contributed by atoms with van der Waals surface area (Å²) >= 11 is 0. The molecular weight excluding hydrogens is 264 g/mol. The van der Waals surface area contributed by atoms with Crippen LogP contribution in [0.15, 0.2) is 0 Å². The zero-order chi connectivity index (χ0) is 14.7. The summed E-state index contributed by atoms with van der Waals surface area (Å²) in [5.41, 5.74) is 4.89. The molecule has 2 aliphatic rings. The molecular formula is C12H20N4O4. The van der Waals surface area contributed by atoms with Gasteiger partial charge in [0.25, 0.3) is 0 Å². The van der Waals surface area contributed by atoms with Gasteiger partial charge in [0, 0.05) is 19.1 Å². The normalized spacial score (nSPS) is 30.8. The molecule has 0 aromatic carbocycles. The van der Waals surface area contributed by atoms with E-state index in [1.807, 2.05) is 0 Å². The van der Waals surface area contributed by atoms with Gasteiger partial charge in [-0.15, -0.1) is 0 Å². The fourth-order valence-electron chi connectivity index (χ4n) is 3.42. The zero-order valence-corrected chi connectivity index (χ0v) is 11.1. The van der Waals surface area contributed by atoms with Crippen LogP contribution in [0.5, 0.6) is 0 Å². The Kier molecular flexibility index (Phi) is 4.31. The van der Waals surface area contributed by atoms with Crippen LogP contribution in [0.2, 0.25) is 0 Å². The van der Waals surface area contributed by atoms with Crippen LogP contribution in [0.25, 0.3) is 0 Å². The predicted octanol–water partition coefficient (Wildman–Crippen LogP) is -0.547. The van der Waals surface area contributed by atoms with E-state index in [1.165, 1.54) is 0 Å². The number of amides is 4. The van der Waals surface area contributed by atoms with Crippen molar-refractivity contribution in [1.29, 1.82) is 0 Å². The molecule has 6 N–H and O–H groups in total. The third-order valence-corrected chi connectivity index (χ3v) is 4.21. The van der Waals surface area contributed by atoms with Crippen molar-refractivity contribution in [3.63, 3.8) is 0 Å². The van der Waals surface area contributed by atoms with E-state index in [2.05, 4.69) is 16.0 Å². The molecule has 0 aromatic rings. The Labute approximate surface area is 116 Å². The van der Waals surface area contributed by atoms with Crippen LogP contribution in [0.3, 0.4) is 0 Å². The van der Waals surface area contributed by atoms with E-state index in [0.717, 1.165) is 19.3 Å². The van der Waals surface area contributed by atoms with E-state index in [0.29, 0.717) is 0 Å². The van der Waals surface area contributed by atoms with Crippen molar-refractivity contribution in [2.45, 2.75) is 25.3 Å². The lowest BCUT2D eigenvalue weighted by atomic mass is 9.84. The summed E-state index contributed by atoms with van der Waals surface area (Å²) in [5, 5.41) is 16.9. The van der Waals surface area contributed by atoms with E-state index in [1.54, 1.807) is 0 Å². The van der Waals surface area contributed by atoms with Crippen molar-refractivity contribution < 1.29 is 19.5 Å². The lowest BCUT2D eigenvalue weighted by Gasteiger charge is -2.28. The summed E-state index contributed by atoms with van der Waals surface area (Å²) in [6.45, 7) is 0.481. The number of primary amides is 1.